The molecule has 0 saturated heterocycles. The van der Waals surface area contributed by atoms with Crippen molar-refractivity contribution < 1.29 is 5.11 Å². The Bertz CT molecular complexity index is 893. The van der Waals surface area contributed by atoms with Crippen LogP contribution in [0.25, 0.3) is 22.6 Å². The van der Waals surface area contributed by atoms with Crippen LogP contribution in [0.15, 0.2) is 29.1 Å². The zero-order valence-corrected chi connectivity index (χ0v) is 13.1. The number of aromatic nitrogens is 4. The molecule has 0 radical (unpaired) electrons. The molecule has 0 unspecified atom stereocenters. The third kappa shape index (κ3) is 2.70. The molecule has 0 aliphatic heterocycles. The minimum atomic E-state index is -0.385. The topological polar surface area (TPSA) is 110 Å². The first-order valence-corrected chi connectivity index (χ1v) is 7.48. The molecule has 7 nitrogen and oxygen atoms in total. The van der Waals surface area contributed by atoms with E-state index in [2.05, 4.69) is 28.8 Å². The maximum Gasteiger partial charge on any atom is 0.280 e. The van der Waals surface area contributed by atoms with Crippen molar-refractivity contribution in [3.8, 4) is 11.4 Å². The molecule has 0 bridgehead atoms. The summed E-state index contributed by atoms with van der Waals surface area (Å²) in [5, 5.41) is 9.33. The number of aliphatic hydroxyl groups excluding tert-OH is 1. The Labute approximate surface area is 132 Å². The molecule has 120 valence electrons. The number of nitrogens with one attached hydrogen (secondary N) is 1. The Hall–Kier alpha value is -2.67. The molecular weight excluding hydrogens is 294 g/mol. The van der Waals surface area contributed by atoms with Gasteiger partial charge in [-0.1, -0.05) is 38.1 Å². The lowest BCUT2D eigenvalue weighted by Crippen LogP contribution is -2.12. The molecular formula is C16H19N5O2. The number of benzene rings is 1. The van der Waals surface area contributed by atoms with E-state index < -0.39 is 0 Å². The van der Waals surface area contributed by atoms with Crippen molar-refractivity contribution in [1.29, 1.82) is 0 Å². The van der Waals surface area contributed by atoms with Crippen LogP contribution in [0.3, 0.4) is 0 Å². The molecule has 0 atom stereocenters. The first-order chi connectivity index (χ1) is 11.0. The minimum Gasteiger partial charge on any atom is -0.395 e. The summed E-state index contributed by atoms with van der Waals surface area (Å²) in [5.74, 6) is 1.06. The maximum atomic E-state index is 12.0. The molecule has 4 N–H and O–H groups in total. The van der Waals surface area contributed by atoms with Gasteiger partial charge in [-0.25, -0.2) is 4.98 Å². The van der Waals surface area contributed by atoms with E-state index in [-0.39, 0.29) is 30.2 Å². The van der Waals surface area contributed by atoms with E-state index in [1.165, 1.54) is 5.56 Å². The number of nitrogen functional groups attached to an aromatic ring is 1. The predicted molar refractivity (Wildman–Crippen MR) is 89.2 cm³/mol. The number of imidazole rings is 1. The van der Waals surface area contributed by atoms with E-state index in [9.17, 15) is 9.90 Å². The molecule has 0 saturated carbocycles. The van der Waals surface area contributed by atoms with Crippen LogP contribution >= 0.6 is 0 Å². The zero-order chi connectivity index (χ0) is 16.6. The second-order valence-corrected chi connectivity index (χ2v) is 5.71. The van der Waals surface area contributed by atoms with Crippen LogP contribution in [0.4, 0.5) is 5.95 Å². The number of nitrogens with two attached hydrogens (primary N) is 1. The number of anilines is 1. The van der Waals surface area contributed by atoms with Gasteiger partial charge in [0.2, 0.25) is 5.95 Å². The Kier molecular flexibility index (Phi) is 3.87. The van der Waals surface area contributed by atoms with E-state index in [1.807, 2.05) is 24.3 Å². The Morgan fingerprint density at radius 2 is 1.96 bits per heavy atom. The van der Waals surface area contributed by atoms with Gasteiger partial charge in [0.1, 0.15) is 5.82 Å². The van der Waals surface area contributed by atoms with Gasteiger partial charge in [-0.2, -0.15) is 4.98 Å². The van der Waals surface area contributed by atoms with Gasteiger partial charge in [-0.05, 0) is 11.5 Å². The van der Waals surface area contributed by atoms with Crippen molar-refractivity contribution in [2.45, 2.75) is 26.3 Å². The van der Waals surface area contributed by atoms with E-state index >= 15 is 0 Å². The van der Waals surface area contributed by atoms with Crippen LogP contribution in [0.2, 0.25) is 0 Å². The molecule has 2 aromatic heterocycles. The summed E-state index contributed by atoms with van der Waals surface area (Å²) >= 11 is 0. The fourth-order valence-corrected chi connectivity index (χ4v) is 2.58. The number of hydrogen-bond acceptors (Lipinski definition) is 5. The second kappa shape index (κ2) is 5.85. The van der Waals surface area contributed by atoms with Crippen molar-refractivity contribution in [2.75, 3.05) is 12.3 Å². The smallest absolute Gasteiger partial charge is 0.280 e. The lowest BCUT2D eigenvalue weighted by molar-refractivity contribution is 0.278. The van der Waals surface area contributed by atoms with Gasteiger partial charge in [0.15, 0.2) is 11.2 Å². The second-order valence-electron chi connectivity index (χ2n) is 5.71. The summed E-state index contributed by atoms with van der Waals surface area (Å²) in [6.45, 7) is 4.45. The molecule has 3 aromatic rings. The lowest BCUT2D eigenvalue weighted by Gasteiger charge is -2.09. The first-order valence-electron chi connectivity index (χ1n) is 7.48. The molecule has 0 amide bonds. The van der Waals surface area contributed by atoms with E-state index in [1.54, 1.807) is 4.57 Å². The Morgan fingerprint density at radius 1 is 1.26 bits per heavy atom. The highest BCUT2D eigenvalue weighted by Crippen LogP contribution is 2.24. The zero-order valence-electron chi connectivity index (χ0n) is 13.1. The van der Waals surface area contributed by atoms with Crippen LogP contribution < -0.4 is 11.3 Å². The Morgan fingerprint density at radius 3 is 2.57 bits per heavy atom. The van der Waals surface area contributed by atoms with Crippen molar-refractivity contribution in [3.05, 3.63) is 40.2 Å². The number of rotatable bonds is 4. The van der Waals surface area contributed by atoms with Crippen molar-refractivity contribution in [2.24, 2.45) is 0 Å². The highest BCUT2D eigenvalue weighted by Gasteiger charge is 2.16. The summed E-state index contributed by atoms with van der Waals surface area (Å²) in [6.07, 6.45) is 0. The van der Waals surface area contributed by atoms with Crippen molar-refractivity contribution in [1.82, 2.24) is 19.5 Å². The van der Waals surface area contributed by atoms with E-state index in [0.717, 1.165) is 5.56 Å². The first kappa shape index (κ1) is 15.2. The fourth-order valence-electron chi connectivity index (χ4n) is 2.58. The van der Waals surface area contributed by atoms with Gasteiger partial charge in [0, 0.05) is 12.1 Å². The number of hydrogen-bond donors (Lipinski definition) is 3. The third-order valence-electron chi connectivity index (χ3n) is 3.78. The van der Waals surface area contributed by atoms with Gasteiger partial charge in [-0.15, -0.1) is 0 Å². The monoisotopic (exact) mass is 313 g/mol. The van der Waals surface area contributed by atoms with Crippen LogP contribution in [-0.2, 0) is 6.54 Å². The number of aromatic amines is 1. The molecule has 3 rings (SSSR count). The standard InChI is InChI=1S/C16H19N5O2/c1-9(2)10-3-5-11(6-4-10)13-18-12-14(21(13)7-8-22)19-16(17)20-15(12)23/h3-6,9,22H,7-8H2,1-2H3,(H3,17,19,20,23). The van der Waals surface area contributed by atoms with Crippen LogP contribution in [-0.4, -0.2) is 31.2 Å². The fraction of sp³-hybridized carbons (Fsp3) is 0.312. The molecule has 0 spiro atoms. The quantitative estimate of drug-likeness (QED) is 0.676. The molecule has 0 aliphatic rings. The summed E-state index contributed by atoms with van der Waals surface area (Å²) in [7, 11) is 0. The average Bonchev–Trinajstić information content (AvgIpc) is 2.87. The molecule has 7 heteroatoms. The number of H-pyrrole nitrogens is 1. The molecule has 2 heterocycles. The molecule has 0 fully saturated rings. The largest absolute Gasteiger partial charge is 0.395 e. The average molecular weight is 313 g/mol. The summed E-state index contributed by atoms with van der Waals surface area (Å²) in [4.78, 5) is 23.0. The third-order valence-corrected chi connectivity index (χ3v) is 3.78. The SMILES string of the molecule is CC(C)c1ccc(-c2nc3c(=O)[nH]c(N)nc3n2CCO)cc1. The highest BCUT2D eigenvalue weighted by molar-refractivity contribution is 5.77. The van der Waals surface area contributed by atoms with E-state index in [4.69, 9.17) is 5.73 Å². The maximum absolute atomic E-state index is 12.0. The highest BCUT2D eigenvalue weighted by atomic mass is 16.3. The number of aliphatic hydroxyl groups is 1. The molecule has 23 heavy (non-hydrogen) atoms. The lowest BCUT2D eigenvalue weighted by atomic mass is 10.0. The number of nitrogens with zero attached hydrogens (tertiary/aromatic N) is 3. The summed E-state index contributed by atoms with van der Waals surface area (Å²) in [5.41, 5.74) is 7.91. The Balaban J connectivity index is 2.21. The van der Waals surface area contributed by atoms with Crippen LogP contribution in [0.1, 0.15) is 25.3 Å². The van der Waals surface area contributed by atoms with Crippen molar-refractivity contribution in [3.63, 3.8) is 0 Å². The minimum absolute atomic E-state index is 0.0308. The van der Waals surface area contributed by atoms with Gasteiger partial charge in [0.05, 0.1) is 6.61 Å². The van der Waals surface area contributed by atoms with Crippen LogP contribution in [0, 0.1) is 0 Å². The number of fused-ring (bicyclic) bond motifs is 1. The molecule has 0 aliphatic carbocycles. The van der Waals surface area contributed by atoms with Crippen molar-refractivity contribution >= 4 is 17.1 Å². The normalized spacial score (nSPS) is 11.5. The van der Waals surface area contributed by atoms with Gasteiger partial charge >= 0.3 is 0 Å². The van der Waals surface area contributed by atoms with Crippen LogP contribution in [0.5, 0.6) is 0 Å². The summed E-state index contributed by atoms with van der Waals surface area (Å²) < 4.78 is 1.71. The predicted octanol–water partition coefficient (Wildman–Crippen LogP) is 1.48. The van der Waals surface area contributed by atoms with Gasteiger partial charge < -0.3 is 15.4 Å². The molecule has 1 aromatic carbocycles. The van der Waals surface area contributed by atoms with E-state index in [0.29, 0.717) is 17.4 Å². The van der Waals surface area contributed by atoms with Gasteiger partial charge in [0.25, 0.3) is 5.56 Å². The summed E-state index contributed by atoms with van der Waals surface area (Å²) in [6, 6.07) is 7.99. The van der Waals surface area contributed by atoms with Gasteiger partial charge in [-0.3, -0.25) is 9.78 Å².